The van der Waals surface area contributed by atoms with Gasteiger partial charge in [0.05, 0.1) is 22.1 Å². The summed E-state index contributed by atoms with van der Waals surface area (Å²) in [6.07, 6.45) is 15.4. The molecule has 0 spiro atoms. The van der Waals surface area contributed by atoms with Crippen molar-refractivity contribution in [1.82, 2.24) is 19.1 Å². The Morgan fingerprint density at radius 2 is 1.47 bits per heavy atom. The SMILES string of the molecule is C=C/C(C)=C\C(=N)n1c2ccc(C3=CC[N-]3)cc2c2cc3c4c(c21)CCc1cc2c5cc(-c6cccnc6)ccc5n(-c5cc(C)ccn5)c2c(c1-4)CC3.[U]. The zero-order valence-electron chi connectivity index (χ0n) is 30.9. The van der Waals surface area contributed by atoms with Gasteiger partial charge in [0.15, 0.2) is 0 Å². The first-order valence-corrected chi connectivity index (χ1v) is 18.8. The molecule has 1 N–H and O–H groups in total. The predicted molar refractivity (Wildman–Crippen MR) is 223 cm³/mol. The second kappa shape index (κ2) is 12.8. The zero-order chi connectivity index (χ0) is 36.2. The van der Waals surface area contributed by atoms with E-state index in [1.165, 1.54) is 66.0 Å². The van der Waals surface area contributed by atoms with Crippen molar-refractivity contribution >= 4 is 55.1 Å². The van der Waals surface area contributed by atoms with Gasteiger partial charge in [0.25, 0.3) is 0 Å². The molecule has 7 heteroatoms. The fourth-order valence-electron chi connectivity index (χ4n) is 9.39. The maximum Gasteiger partial charge on any atom is 0.137 e. The van der Waals surface area contributed by atoms with Crippen molar-refractivity contribution in [2.45, 2.75) is 39.5 Å². The second-order valence-electron chi connectivity index (χ2n) is 15.0. The molecule has 0 saturated heterocycles. The Hall–Kier alpha value is -5.48. The molecule has 0 radical (unpaired) electrons. The van der Waals surface area contributed by atoms with Crippen molar-refractivity contribution in [3.8, 4) is 28.1 Å². The summed E-state index contributed by atoms with van der Waals surface area (Å²) in [7, 11) is 0. The molecule has 55 heavy (non-hydrogen) atoms. The summed E-state index contributed by atoms with van der Waals surface area (Å²) in [6.45, 7) is 8.92. The van der Waals surface area contributed by atoms with Crippen LogP contribution in [0.1, 0.15) is 40.3 Å². The zero-order valence-corrected chi connectivity index (χ0v) is 35.0. The van der Waals surface area contributed by atoms with Crippen molar-refractivity contribution in [3.63, 3.8) is 0 Å². The van der Waals surface area contributed by atoms with Crippen LogP contribution in [0.15, 0.2) is 122 Å². The molecule has 0 amide bonds. The molecule has 0 bridgehead atoms. The molecule has 0 fully saturated rings. The number of fused-ring (bicyclic) bond motifs is 8. The van der Waals surface area contributed by atoms with Gasteiger partial charge in [0.2, 0.25) is 0 Å². The summed E-state index contributed by atoms with van der Waals surface area (Å²) in [6, 6.07) is 26.8. The molecule has 4 aromatic carbocycles. The Labute approximate surface area is 343 Å². The summed E-state index contributed by atoms with van der Waals surface area (Å²) in [5.41, 5.74) is 19.6. The van der Waals surface area contributed by atoms with Crippen LogP contribution in [-0.4, -0.2) is 31.5 Å². The molecule has 2 aliphatic carbocycles. The van der Waals surface area contributed by atoms with Gasteiger partial charge in [-0.05, 0) is 156 Å². The molecule has 11 rings (SSSR count). The van der Waals surface area contributed by atoms with Gasteiger partial charge >= 0.3 is 0 Å². The fourth-order valence-corrected chi connectivity index (χ4v) is 9.39. The number of allylic oxidation sites excluding steroid dienone is 3. The average Bonchev–Trinajstić information content (AvgIpc) is 3.68. The van der Waals surface area contributed by atoms with E-state index in [1.807, 2.05) is 43.7 Å². The van der Waals surface area contributed by atoms with Crippen LogP contribution in [0.3, 0.4) is 0 Å². The number of benzene rings is 4. The predicted octanol–water partition coefficient (Wildman–Crippen LogP) is 11.2. The number of rotatable bonds is 5. The smallest absolute Gasteiger partial charge is 0.137 e. The van der Waals surface area contributed by atoms with E-state index in [0.717, 1.165) is 82.6 Å². The van der Waals surface area contributed by atoms with Crippen LogP contribution < -0.4 is 0 Å². The monoisotopic (exact) mass is 935 g/mol. The first-order valence-electron chi connectivity index (χ1n) is 18.8. The summed E-state index contributed by atoms with van der Waals surface area (Å²) < 4.78 is 4.60. The minimum Gasteiger partial charge on any atom is -0.681 e. The van der Waals surface area contributed by atoms with Crippen LogP contribution in [0.25, 0.3) is 82.7 Å². The standard InChI is InChI=1S/C48H37N6.U/c1-4-27(2)20-43(49)53-41-14-10-30(40-16-19-51-40)23-37(41)38-24-31-8-12-35-46-32(7-11-34(45(31)46)47(38)53)25-39-36-22-29(33-6-5-17-50-26-33)9-13-42(36)54(48(35)39)44-21-28(3)15-18-52-44;/h4-6,9-10,13-18,20-26,49H,1,7-8,11-12,19H2,2-3H3;/q-1;/b27-20-,49-43?;. The van der Waals surface area contributed by atoms with E-state index in [0.29, 0.717) is 5.84 Å². The molecule has 264 valence electrons. The quantitative estimate of drug-likeness (QED) is 0.106. The molecular weight excluding hydrogens is 899 g/mol. The number of hydrogen-bond donors (Lipinski definition) is 1. The Kier molecular flexibility index (Phi) is 7.92. The first kappa shape index (κ1) is 34.0. The Morgan fingerprint density at radius 1 is 0.782 bits per heavy atom. The van der Waals surface area contributed by atoms with E-state index in [1.54, 1.807) is 0 Å². The van der Waals surface area contributed by atoms with Gasteiger partial charge in [0.1, 0.15) is 11.7 Å². The topological polar surface area (TPSA) is 73.6 Å². The summed E-state index contributed by atoms with van der Waals surface area (Å²) in [4.78, 5) is 9.39. The number of nitrogens with zero attached hydrogens (tertiary/aromatic N) is 5. The second-order valence-corrected chi connectivity index (χ2v) is 15.0. The Morgan fingerprint density at radius 3 is 2.16 bits per heavy atom. The van der Waals surface area contributed by atoms with E-state index in [2.05, 4.69) is 106 Å². The number of aromatic nitrogens is 4. The van der Waals surface area contributed by atoms with Crippen LogP contribution >= 0.6 is 0 Å². The van der Waals surface area contributed by atoms with Crippen LogP contribution in [-0.2, 0) is 25.7 Å². The maximum absolute atomic E-state index is 9.49. The minimum atomic E-state index is 0. The molecule has 3 aliphatic rings. The molecular formula is C48H37N6U-. The molecule has 8 aromatic rings. The fraction of sp³-hybridized carbons (Fsp3) is 0.146. The van der Waals surface area contributed by atoms with Gasteiger partial charge < -0.3 is 5.32 Å². The van der Waals surface area contributed by atoms with Crippen LogP contribution in [0.2, 0.25) is 0 Å². The molecule has 0 saturated carbocycles. The van der Waals surface area contributed by atoms with Crippen molar-refractivity contribution in [2.24, 2.45) is 0 Å². The molecule has 0 unspecified atom stereocenters. The summed E-state index contributed by atoms with van der Waals surface area (Å²) in [5, 5.41) is 19.0. The van der Waals surface area contributed by atoms with E-state index >= 15 is 0 Å². The normalized spacial score (nSPS) is 14.4. The maximum atomic E-state index is 9.49. The number of aryl methyl sites for hydroxylation is 5. The largest absolute Gasteiger partial charge is 0.681 e. The number of nitrogens with one attached hydrogen (secondary N) is 1. The molecule has 1 aliphatic heterocycles. The van der Waals surface area contributed by atoms with E-state index in [9.17, 15) is 5.41 Å². The molecule has 0 atom stereocenters. The molecule has 4 aromatic heterocycles. The third-order valence-corrected chi connectivity index (χ3v) is 11.9. The first-order chi connectivity index (χ1) is 26.5. The number of pyridine rings is 2. The van der Waals surface area contributed by atoms with Crippen LogP contribution in [0.5, 0.6) is 0 Å². The van der Waals surface area contributed by atoms with Gasteiger partial charge in [-0.3, -0.25) is 19.5 Å². The van der Waals surface area contributed by atoms with Gasteiger partial charge in [0, 0.05) is 76.8 Å². The average molecular weight is 936 g/mol. The van der Waals surface area contributed by atoms with E-state index < -0.39 is 0 Å². The van der Waals surface area contributed by atoms with E-state index in [-0.39, 0.29) is 31.1 Å². The third-order valence-electron chi connectivity index (χ3n) is 11.9. The Bertz CT molecular complexity index is 3050. The van der Waals surface area contributed by atoms with Crippen LogP contribution in [0, 0.1) is 43.4 Å². The minimum absolute atomic E-state index is 0. The van der Waals surface area contributed by atoms with Gasteiger partial charge in [-0.1, -0.05) is 30.9 Å². The van der Waals surface area contributed by atoms with Gasteiger partial charge in [-0.25, -0.2) is 4.98 Å². The van der Waals surface area contributed by atoms with Crippen molar-refractivity contribution in [2.75, 3.05) is 6.54 Å². The van der Waals surface area contributed by atoms with Crippen molar-refractivity contribution < 1.29 is 31.1 Å². The molecule has 6 nitrogen and oxygen atoms in total. The van der Waals surface area contributed by atoms with E-state index in [4.69, 9.17) is 4.98 Å². The van der Waals surface area contributed by atoms with Crippen molar-refractivity contribution in [1.29, 1.82) is 5.41 Å². The summed E-state index contributed by atoms with van der Waals surface area (Å²) >= 11 is 0. The van der Waals surface area contributed by atoms with Crippen LogP contribution in [0.4, 0.5) is 0 Å². The summed E-state index contributed by atoms with van der Waals surface area (Å²) in [5.74, 6) is 1.40. The van der Waals surface area contributed by atoms with Gasteiger partial charge in [-0.2, -0.15) is 0 Å². The third kappa shape index (κ3) is 5.03. The molecule has 5 heterocycles. The van der Waals surface area contributed by atoms with Crippen molar-refractivity contribution in [3.05, 3.63) is 160 Å². The Balaban J connectivity index is 0.00000372. The van der Waals surface area contributed by atoms with Gasteiger partial charge in [-0.15, -0.1) is 18.3 Å². The number of hydrogen-bond acceptors (Lipinski definition) is 3.